The Bertz CT molecular complexity index is 382. The molecule has 2 N–H and O–H groups in total. The summed E-state index contributed by atoms with van der Waals surface area (Å²) in [6.45, 7) is 7.35. The zero-order valence-electron chi connectivity index (χ0n) is 12.2. The molecule has 1 saturated heterocycles. The first-order valence-electron chi connectivity index (χ1n) is 6.58. The van der Waals surface area contributed by atoms with Crippen LogP contribution in [0.2, 0.25) is 0 Å². The van der Waals surface area contributed by atoms with Gasteiger partial charge in [-0.05, 0) is 6.92 Å². The largest absolute Gasteiger partial charge is 0.388 e. The first-order valence-corrected chi connectivity index (χ1v) is 9.69. The summed E-state index contributed by atoms with van der Waals surface area (Å²) in [7, 11) is -3.11. The Morgan fingerprint density at radius 2 is 2.16 bits per heavy atom. The summed E-state index contributed by atoms with van der Waals surface area (Å²) in [6.07, 6.45) is 1.28. The summed E-state index contributed by atoms with van der Waals surface area (Å²) in [6, 6.07) is 0.300. The van der Waals surface area contributed by atoms with E-state index in [-0.39, 0.29) is 0 Å². The second kappa shape index (κ2) is 6.76. The van der Waals surface area contributed by atoms with Crippen molar-refractivity contribution in [2.45, 2.75) is 37.8 Å². The Morgan fingerprint density at radius 1 is 1.53 bits per heavy atom. The lowest BCUT2D eigenvalue weighted by molar-refractivity contribution is 0.0175. The van der Waals surface area contributed by atoms with Crippen molar-refractivity contribution < 1.29 is 13.5 Å². The molecule has 1 heterocycles. The van der Waals surface area contributed by atoms with Crippen molar-refractivity contribution in [3.05, 3.63) is 0 Å². The van der Waals surface area contributed by atoms with Crippen molar-refractivity contribution in [3.8, 4) is 0 Å². The minimum Gasteiger partial charge on any atom is -0.388 e. The molecule has 1 rings (SSSR count). The molecule has 1 fully saturated rings. The second-order valence-electron chi connectivity index (χ2n) is 5.86. The number of rotatable bonds is 6. The molecule has 0 spiro atoms. The topological polar surface area (TPSA) is 69.6 Å². The van der Waals surface area contributed by atoms with E-state index in [1.54, 1.807) is 18.7 Å². The number of aliphatic hydroxyl groups is 1. The van der Waals surface area contributed by atoms with E-state index in [4.69, 9.17) is 0 Å². The van der Waals surface area contributed by atoms with Gasteiger partial charge in [-0.25, -0.2) is 8.42 Å². The molecule has 0 aromatic rings. The van der Waals surface area contributed by atoms with Crippen LogP contribution in [0.25, 0.3) is 0 Å². The number of nitrogens with zero attached hydrogens (tertiary/aromatic N) is 1. The standard InChI is InChI=1S/C12H26N2O3S2/c1-10(2)13-8-12(3,15)9-14-5-6-18-7-11(14)19(4,16)17/h10-11,13,15H,5-9H2,1-4H3. The molecule has 7 heteroatoms. The zero-order chi connectivity index (χ0) is 14.7. The van der Waals surface area contributed by atoms with E-state index in [9.17, 15) is 13.5 Å². The molecule has 114 valence electrons. The quantitative estimate of drug-likeness (QED) is 0.728. The molecule has 2 unspecified atom stereocenters. The fourth-order valence-electron chi connectivity index (χ4n) is 2.11. The highest BCUT2D eigenvalue weighted by molar-refractivity contribution is 8.00. The first kappa shape index (κ1) is 17.2. The van der Waals surface area contributed by atoms with E-state index in [1.807, 2.05) is 18.7 Å². The van der Waals surface area contributed by atoms with Crippen LogP contribution in [0, 0.1) is 0 Å². The third kappa shape index (κ3) is 5.99. The van der Waals surface area contributed by atoms with Crippen LogP contribution in [-0.2, 0) is 9.84 Å². The van der Waals surface area contributed by atoms with E-state index >= 15 is 0 Å². The summed E-state index contributed by atoms with van der Waals surface area (Å²) in [5, 5.41) is 13.1. The van der Waals surface area contributed by atoms with Gasteiger partial charge in [-0.2, -0.15) is 11.8 Å². The van der Waals surface area contributed by atoms with Gasteiger partial charge in [0.2, 0.25) is 0 Å². The average Bonchev–Trinajstić information content (AvgIpc) is 2.25. The summed E-state index contributed by atoms with van der Waals surface area (Å²) < 4.78 is 23.6. The highest BCUT2D eigenvalue weighted by atomic mass is 32.2. The van der Waals surface area contributed by atoms with Crippen molar-refractivity contribution in [3.63, 3.8) is 0 Å². The number of β-amino-alcohol motifs (C(OH)–C–C–N with tert-alkyl or cyclic N) is 1. The molecule has 0 aliphatic carbocycles. The molecule has 2 atom stereocenters. The van der Waals surface area contributed by atoms with Crippen LogP contribution in [0.15, 0.2) is 0 Å². The van der Waals surface area contributed by atoms with Gasteiger partial charge < -0.3 is 10.4 Å². The minimum absolute atomic E-state index is 0.300. The van der Waals surface area contributed by atoms with E-state index in [2.05, 4.69) is 5.32 Å². The molecule has 1 aliphatic heterocycles. The second-order valence-corrected chi connectivity index (χ2v) is 9.22. The van der Waals surface area contributed by atoms with Gasteiger partial charge in [-0.15, -0.1) is 0 Å². The van der Waals surface area contributed by atoms with Gasteiger partial charge >= 0.3 is 0 Å². The van der Waals surface area contributed by atoms with Crippen LogP contribution in [0.3, 0.4) is 0 Å². The minimum atomic E-state index is -3.11. The molecule has 0 aromatic heterocycles. The summed E-state index contributed by atoms with van der Waals surface area (Å²) in [5.41, 5.74) is -0.921. The Kier molecular flexibility index (Phi) is 6.13. The van der Waals surface area contributed by atoms with Gasteiger partial charge in [0.05, 0.1) is 5.60 Å². The summed E-state index contributed by atoms with van der Waals surface area (Å²) in [4.78, 5) is 1.90. The molecule has 0 amide bonds. The van der Waals surface area contributed by atoms with Crippen molar-refractivity contribution in [1.29, 1.82) is 0 Å². The maximum Gasteiger partial charge on any atom is 0.164 e. The lowest BCUT2D eigenvalue weighted by atomic mass is 10.1. The van der Waals surface area contributed by atoms with E-state index in [0.717, 1.165) is 5.75 Å². The van der Waals surface area contributed by atoms with Gasteiger partial charge in [0.1, 0.15) is 5.37 Å². The maximum absolute atomic E-state index is 11.8. The smallest absolute Gasteiger partial charge is 0.164 e. The predicted octanol–water partition coefficient (Wildman–Crippen LogP) is 0.155. The van der Waals surface area contributed by atoms with Crippen molar-refractivity contribution in [2.75, 3.05) is 37.4 Å². The van der Waals surface area contributed by atoms with Crippen LogP contribution in [0.4, 0.5) is 0 Å². The van der Waals surface area contributed by atoms with Crippen LogP contribution >= 0.6 is 11.8 Å². The fourth-order valence-corrected chi connectivity index (χ4v) is 5.05. The lowest BCUT2D eigenvalue weighted by Crippen LogP contribution is -2.55. The predicted molar refractivity (Wildman–Crippen MR) is 81.3 cm³/mol. The SMILES string of the molecule is CC(C)NCC(C)(O)CN1CCSCC1S(C)(=O)=O. The van der Waals surface area contributed by atoms with Gasteiger partial charge in [-0.1, -0.05) is 13.8 Å². The molecule has 0 radical (unpaired) electrons. The van der Waals surface area contributed by atoms with Gasteiger partial charge in [0.25, 0.3) is 0 Å². The van der Waals surface area contributed by atoms with Crippen molar-refractivity contribution in [2.24, 2.45) is 0 Å². The average molecular weight is 310 g/mol. The molecule has 19 heavy (non-hydrogen) atoms. The molecule has 0 bridgehead atoms. The van der Waals surface area contributed by atoms with Crippen molar-refractivity contribution >= 4 is 21.6 Å². The lowest BCUT2D eigenvalue weighted by Gasteiger charge is -2.38. The van der Waals surface area contributed by atoms with Crippen LogP contribution in [-0.4, -0.2) is 72.8 Å². The van der Waals surface area contributed by atoms with Gasteiger partial charge in [-0.3, -0.25) is 4.90 Å². The highest BCUT2D eigenvalue weighted by Crippen LogP contribution is 2.22. The number of thioether (sulfide) groups is 1. The fraction of sp³-hybridized carbons (Fsp3) is 1.00. The Hall–Kier alpha value is 0.180. The molecular formula is C12H26N2O3S2. The third-order valence-corrected chi connectivity index (χ3v) is 5.81. The molecule has 0 aromatic carbocycles. The van der Waals surface area contributed by atoms with Crippen LogP contribution < -0.4 is 5.32 Å². The summed E-state index contributed by atoms with van der Waals surface area (Å²) >= 11 is 1.66. The normalized spacial score (nSPS) is 25.5. The van der Waals surface area contributed by atoms with Gasteiger partial charge in [0.15, 0.2) is 9.84 Å². The Labute approximate surface area is 121 Å². The Balaban J connectivity index is 2.66. The highest BCUT2D eigenvalue weighted by Gasteiger charge is 2.35. The number of hydrogen-bond acceptors (Lipinski definition) is 6. The monoisotopic (exact) mass is 310 g/mol. The number of hydrogen-bond donors (Lipinski definition) is 2. The van der Waals surface area contributed by atoms with Crippen LogP contribution in [0.5, 0.6) is 0 Å². The Morgan fingerprint density at radius 3 is 2.68 bits per heavy atom. The van der Waals surface area contributed by atoms with E-state index < -0.39 is 20.8 Å². The molecular weight excluding hydrogens is 284 g/mol. The molecule has 0 saturated carbocycles. The van der Waals surface area contributed by atoms with Gasteiger partial charge in [0, 0.05) is 43.4 Å². The summed E-state index contributed by atoms with van der Waals surface area (Å²) in [5.74, 6) is 1.51. The molecule has 5 nitrogen and oxygen atoms in total. The maximum atomic E-state index is 11.8. The van der Waals surface area contributed by atoms with Crippen LogP contribution in [0.1, 0.15) is 20.8 Å². The molecule has 1 aliphatic rings. The zero-order valence-corrected chi connectivity index (χ0v) is 13.9. The third-order valence-electron chi connectivity index (χ3n) is 3.12. The first-order chi connectivity index (χ1) is 8.62. The number of sulfone groups is 1. The van der Waals surface area contributed by atoms with E-state index in [0.29, 0.717) is 31.4 Å². The van der Waals surface area contributed by atoms with E-state index in [1.165, 1.54) is 6.26 Å². The number of nitrogens with one attached hydrogen (secondary N) is 1. The van der Waals surface area contributed by atoms with Crippen molar-refractivity contribution in [1.82, 2.24) is 10.2 Å².